The van der Waals surface area contributed by atoms with Crippen molar-refractivity contribution in [2.45, 2.75) is 13.3 Å². The molecule has 0 aliphatic heterocycles. The molecule has 1 aromatic heterocycles. The molecule has 10 nitrogen and oxygen atoms in total. The summed E-state index contributed by atoms with van der Waals surface area (Å²) in [6, 6.07) is 10.0. The van der Waals surface area contributed by atoms with Crippen LogP contribution in [0.4, 0.5) is 16.3 Å². The molecular formula is C23H22ClN5O5. The maximum atomic E-state index is 12.4. The van der Waals surface area contributed by atoms with Crippen LogP contribution >= 0.6 is 11.6 Å². The largest absolute Gasteiger partial charge is 0.491 e. The molecule has 11 heteroatoms. The van der Waals surface area contributed by atoms with E-state index >= 15 is 0 Å². The van der Waals surface area contributed by atoms with E-state index in [1.807, 2.05) is 0 Å². The molecule has 0 spiro atoms. The normalized spacial score (nSPS) is 10.3. The number of urea groups is 1. The maximum Gasteiger partial charge on any atom is 0.335 e. The zero-order chi connectivity index (χ0) is 24.5. The smallest absolute Gasteiger partial charge is 0.335 e. The first-order chi connectivity index (χ1) is 16.3. The van der Waals surface area contributed by atoms with Crippen LogP contribution in [0.3, 0.4) is 0 Å². The van der Waals surface area contributed by atoms with Gasteiger partial charge in [0.15, 0.2) is 5.82 Å². The van der Waals surface area contributed by atoms with E-state index < -0.39 is 12.0 Å². The highest BCUT2D eigenvalue weighted by Crippen LogP contribution is 2.26. The van der Waals surface area contributed by atoms with Crippen molar-refractivity contribution in [1.82, 2.24) is 15.3 Å². The molecular weight excluding hydrogens is 462 g/mol. The van der Waals surface area contributed by atoms with Crippen molar-refractivity contribution in [2.24, 2.45) is 0 Å². The fraction of sp³-hybridized carbons (Fsp3) is 0.174. The molecule has 0 saturated carbocycles. The number of halogens is 1. The molecule has 1 heterocycles. The van der Waals surface area contributed by atoms with Gasteiger partial charge >= 0.3 is 12.0 Å². The lowest BCUT2D eigenvalue weighted by Crippen LogP contribution is -2.25. The van der Waals surface area contributed by atoms with E-state index in [2.05, 4.69) is 25.9 Å². The van der Waals surface area contributed by atoms with Crippen molar-refractivity contribution in [3.63, 3.8) is 0 Å². The summed E-state index contributed by atoms with van der Waals surface area (Å²) >= 11 is 5.82. The van der Waals surface area contributed by atoms with Crippen LogP contribution in [-0.2, 0) is 0 Å². The van der Waals surface area contributed by atoms with E-state index in [0.29, 0.717) is 29.2 Å². The molecule has 0 unspecified atom stereocenters. The van der Waals surface area contributed by atoms with Crippen LogP contribution in [0.15, 0.2) is 54.9 Å². The summed E-state index contributed by atoms with van der Waals surface area (Å²) in [4.78, 5) is 43.9. The second-order valence-electron chi connectivity index (χ2n) is 7.10. The lowest BCUT2D eigenvalue weighted by atomic mass is 10.2. The molecule has 0 fully saturated rings. The molecule has 0 bridgehead atoms. The molecule has 34 heavy (non-hydrogen) atoms. The van der Waals surface area contributed by atoms with Gasteiger partial charge < -0.3 is 20.5 Å². The van der Waals surface area contributed by atoms with Crippen LogP contribution in [0, 0.1) is 6.92 Å². The molecule has 176 valence electrons. The highest BCUT2D eigenvalue weighted by atomic mass is 35.5. The number of aromatic nitrogens is 2. The van der Waals surface area contributed by atoms with Gasteiger partial charge in [0.25, 0.3) is 5.91 Å². The Bertz CT molecular complexity index is 1170. The summed E-state index contributed by atoms with van der Waals surface area (Å²) in [5, 5.41) is 17.7. The monoisotopic (exact) mass is 483 g/mol. The lowest BCUT2D eigenvalue weighted by molar-refractivity contribution is 0.0696. The summed E-state index contributed by atoms with van der Waals surface area (Å²) < 4.78 is 5.71. The van der Waals surface area contributed by atoms with Crippen LogP contribution in [0.25, 0.3) is 0 Å². The fourth-order valence-electron chi connectivity index (χ4n) is 2.77. The zero-order valence-corrected chi connectivity index (χ0v) is 18.9. The number of amides is 3. The number of aromatic carboxylic acids is 1. The second kappa shape index (κ2) is 11.6. The van der Waals surface area contributed by atoms with E-state index in [1.165, 1.54) is 30.6 Å². The third-order valence-corrected chi connectivity index (χ3v) is 4.72. The molecule has 0 radical (unpaired) electrons. The number of carbonyl (C=O) groups excluding carboxylic acids is 2. The lowest BCUT2D eigenvalue weighted by Gasteiger charge is -2.14. The van der Waals surface area contributed by atoms with Gasteiger partial charge in [-0.2, -0.15) is 0 Å². The minimum absolute atomic E-state index is 0.0204. The number of nitrogens with one attached hydrogen (secondary N) is 3. The number of carboxylic acid groups (broad SMARTS) is 1. The predicted octanol–water partition coefficient (Wildman–Crippen LogP) is 3.98. The van der Waals surface area contributed by atoms with Gasteiger partial charge in [-0.15, -0.1) is 0 Å². The van der Waals surface area contributed by atoms with Gasteiger partial charge in [0.05, 0.1) is 35.9 Å². The first kappa shape index (κ1) is 24.5. The number of anilines is 2. The van der Waals surface area contributed by atoms with Crippen molar-refractivity contribution in [3.05, 3.63) is 76.7 Å². The van der Waals surface area contributed by atoms with Gasteiger partial charge in [0.1, 0.15) is 5.75 Å². The topological polar surface area (TPSA) is 143 Å². The second-order valence-corrected chi connectivity index (χ2v) is 7.54. The number of ether oxygens (including phenoxy) is 1. The number of aryl methyl sites for hydroxylation is 1. The Kier molecular flexibility index (Phi) is 8.36. The van der Waals surface area contributed by atoms with Gasteiger partial charge in [-0.1, -0.05) is 11.6 Å². The number of hydrogen-bond acceptors (Lipinski definition) is 6. The average Bonchev–Trinajstić information content (AvgIpc) is 2.81. The van der Waals surface area contributed by atoms with Crippen LogP contribution in [0.1, 0.15) is 32.8 Å². The predicted molar refractivity (Wildman–Crippen MR) is 127 cm³/mol. The van der Waals surface area contributed by atoms with Crippen molar-refractivity contribution in [1.29, 1.82) is 0 Å². The van der Waals surface area contributed by atoms with Crippen LogP contribution < -0.4 is 20.7 Å². The summed E-state index contributed by atoms with van der Waals surface area (Å²) in [5.74, 6) is -0.874. The highest BCUT2D eigenvalue weighted by Gasteiger charge is 2.13. The minimum Gasteiger partial charge on any atom is -0.491 e. The Balaban J connectivity index is 1.56. The molecule has 0 aliphatic carbocycles. The average molecular weight is 484 g/mol. The van der Waals surface area contributed by atoms with Crippen molar-refractivity contribution < 1.29 is 24.2 Å². The quantitative estimate of drug-likeness (QED) is 0.337. The molecule has 3 rings (SSSR count). The minimum atomic E-state index is -1.15. The number of benzene rings is 2. The van der Waals surface area contributed by atoms with Crippen LogP contribution in [-0.4, -0.2) is 46.1 Å². The fourth-order valence-corrected chi connectivity index (χ4v) is 2.90. The number of rotatable bonds is 9. The summed E-state index contributed by atoms with van der Waals surface area (Å²) in [7, 11) is 0. The Morgan fingerprint density at radius 2 is 1.74 bits per heavy atom. The van der Waals surface area contributed by atoms with E-state index in [9.17, 15) is 19.5 Å². The van der Waals surface area contributed by atoms with Crippen molar-refractivity contribution >= 4 is 41.0 Å². The van der Waals surface area contributed by atoms with Gasteiger partial charge in [-0.3, -0.25) is 15.1 Å². The van der Waals surface area contributed by atoms with Gasteiger partial charge in [0.2, 0.25) is 0 Å². The van der Waals surface area contributed by atoms with Gasteiger partial charge in [-0.25, -0.2) is 14.6 Å². The van der Waals surface area contributed by atoms with Gasteiger partial charge in [0, 0.05) is 17.1 Å². The molecule has 0 saturated heterocycles. The van der Waals surface area contributed by atoms with Crippen LogP contribution in [0.2, 0.25) is 5.02 Å². The Morgan fingerprint density at radius 1 is 1.00 bits per heavy atom. The molecule has 0 atom stereocenters. The standard InChI is InChI=1S/C23H22ClN5O5/c1-14-12-27-20(13-26-14)29-23(33)28-18-11-16(22(31)32)5-8-19(18)34-10-2-9-25-21(30)15-3-6-17(24)7-4-15/h3-8,11-13H,2,9-10H2,1H3,(H,25,30)(H,31,32)(H2,27,28,29,33). The molecule has 4 N–H and O–H groups in total. The zero-order valence-electron chi connectivity index (χ0n) is 18.2. The van der Waals surface area contributed by atoms with Crippen molar-refractivity contribution in [2.75, 3.05) is 23.8 Å². The number of hydrogen-bond donors (Lipinski definition) is 4. The number of carboxylic acids is 1. The molecule has 3 amide bonds. The SMILES string of the molecule is Cc1cnc(NC(=O)Nc2cc(C(=O)O)ccc2OCCCNC(=O)c2ccc(Cl)cc2)cn1. The maximum absolute atomic E-state index is 12.4. The summed E-state index contributed by atoms with van der Waals surface area (Å²) in [6.45, 7) is 2.33. The molecule has 0 aliphatic rings. The van der Waals surface area contributed by atoms with E-state index in [1.54, 1.807) is 31.2 Å². The first-order valence-electron chi connectivity index (χ1n) is 10.2. The highest BCUT2D eigenvalue weighted by molar-refractivity contribution is 6.30. The van der Waals surface area contributed by atoms with Crippen molar-refractivity contribution in [3.8, 4) is 5.75 Å². The van der Waals surface area contributed by atoms with E-state index in [0.717, 1.165) is 0 Å². The van der Waals surface area contributed by atoms with Gasteiger partial charge in [-0.05, 0) is 55.8 Å². The third-order valence-electron chi connectivity index (χ3n) is 4.47. The Hall–Kier alpha value is -4.18. The van der Waals surface area contributed by atoms with E-state index in [-0.39, 0.29) is 35.3 Å². The summed E-state index contributed by atoms with van der Waals surface area (Å²) in [5.41, 5.74) is 1.33. The number of carbonyl (C=O) groups is 3. The Labute approximate surface area is 200 Å². The van der Waals surface area contributed by atoms with E-state index in [4.69, 9.17) is 16.3 Å². The number of nitrogens with zero attached hydrogens (tertiary/aromatic N) is 2. The summed E-state index contributed by atoms with van der Waals surface area (Å²) in [6.07, 6.45) is 3.38. The molecule has 3 aromatic rings. The van der Waals surface area contributed by atoms with Crippen LogP contribution in [0.5, 0.6) is 5.75 Å². The Morgan fingerprint density at radius 3 is 2.41 bits per heavy atom. The third kappa shape index (κ3) is 7.17. The molecule has 2 aromatic carbocycles. The first-order valence-corrected chi connectivity index (χ1v) is 10.6.